The van der Waals surface area contributed by atoms with Gasteiger partial charge in [0, 0.05) is 5.56 Å². The molecule has 0 atom stereocenters. The van der Waals surface area contributed by atoms with Crippen LogP contribution in [0.5, 0.6) is 11.5 Å². The van der Waals surface area contributed by atoms with Gasteiger partial charge in [-0.05, 0) is 29.0 Å². The van der Waals surface area contributed by atoms with Crippen molar-refractivity contribution in [1.82, 2.24) is 0 Å². The molecular weight excluding hydrogens is 292 g/mol. The molecule has 3 aromatic rings. The number of methoxy groups -OCH3 is 2. The third-order valence-electron chi connectivity index (χ3n) is 3.84. The molecule has 3 rings (SSSR count). The van der Waals surface area contributed by atoms with Crippen molar-refractivity contribution in [3.8, 4) is 22.6 Å². The summed E-state index contributed by atoms with van der Waals surface area (Å²) < 4.78 is 10.9. The van der Waals surface area contributed by atoms with Gasteiger partial charge in [-0.1, -0.05) is 36.4 Å². The van der Waals surface area contributed by atoms with Crippen molar-refractivity contribution in [3.05, 3.63) is 60.2 Å². The Hall–Kier alpha value is -3.01. The minimum atomic E-state index is -0.987. The summed E-state index contributed by atoms with van der Waals surface area (Å²) in [5, 5.41) is 11.4. The smallest absolute Gasteiger partial charge is 0.336 e. The first-order valence-corrected chi connectivity index (χ1v) is 7.13. The van der Waals surface area contributed by atoms with E-state index in [9.17, 15) is 9.90 Å². The maximum absolute atomic E-state index is 11.8. The zero-order valence-electron chi connectivity index (χ0n) is 12.9. The van der Waals surface area contributed by atoms with Crippen LogP contribution in [0.2, 0.25) is 0 Å². The number of fused-ring (bicyclic) bond motifs is 1. The zero-order valence-corrected chi connectivity index (χ0v) is 12.9. The molecule has 0 amide bonds. The lowest BCUT2D eigenvalue weighted by Crippen LogP contribution is -2.02. The van der Waals surface area contributed by atoms with Gasteiger partial charge >= 0.3 is 5.97 Å². The second-order valence-corrected chi connectivity index (χ2v) is 5.05. The summed E-state index contributed by atoms with van der Waals surface area (Å²) in [4.78, 5) is 11.8. The summed E-state index contributed by atoms with van der Waals surface area (Å²) >= 11 is 0. The molecule has 0 aliphatic carbocycles. The predicted molar refractivity (Wildman–Crippen MR) is 89.4 cm³/mol. The zero-order chi connectivity index (χ0) is 16.4. The van der Waals surface area contributed by atoms with Crippen LogP contribution in [0.4, 0.5) is 0 Å². The third-order valence-corrected chi connectivity index (χ3v) is 3.84. The summed E-state index contributed by atoms with van der Waals surface area (Å²) in [6.45, 7) is 0. The van der Waals surface area contributed by atoms with E-state index >= 15 is 0 Å². The average molecular weight is 308 g/mol. The minimum Gasteiger partial charge on any atom is -0.496 e. The normalized spacial score (nSPS) is 10.5. The molecule has 0 saturated heterocycles. The number of rotatable bonds is 4. The summed E-state index contributed by atoms with van der Waals surface area (Å²) in [5.41, 5.74) is 1.46. The molecule has 0 spiro atoms. The van der Waals surface area contributed by atoms with Gasteiger partial charge < -0.3 is 14.6 Å². The molecule has 1 N–H and O–H groups in total. The van der Waals surface area contributed by atoms with Gasteiger partial charge in [0.15, 0.2) is 0 Å². The summed E-state index contributed by atoms with van der Waals surface area (Å²) in [6, 6.07) is 16.5. The highest BCUT2D eigenvalue weighted by atomic mass is 16.5. The maximum Gasteiger partial charge on any atom is 0.336 e. The lowest BCUT2D eigenvalue weighted by molar-refractivity contribution is 0.0698. The number of carbonyl (C=O) groups is 1. The molecule has 0 heterocycles. The number of aromatic carboxylic acids is 1. The van der Waals surface area contributed by atoms with E-state index < -0.39 is 5.97 Å². The highest BCUT2D eigenvalue weighted by Gasteiger charge is 2.21. The molecule has 4 heteroatoms. The topological polar surface area (TPSA) is 55.8 Å². The van der Waals surface area contributed by atoms with Crippen molar-refractivity contribution in [3.63, 3.8) is 0 Å². The van der Waals surface area contributed by atoms with Gasteiger partial charge in [0.1, 0.15) is 11.5 Å². The fraction of sp³-hybridized carbons (Fsp3) is 0.105. The molecule has 116 valence electrons. The Morgan fingerprint density at radius 1 is 0.826 bits per heavy atom. The van der Waals surface area contributed by atoms with Crippen LogP contribution >= 0.6 is 0 Å². The molecule has 0 saturated carbocycles. The van der Waals surface area contributed by atoms with Gasteiger partial charge in [-0.15, -0.1) is 0 Å². The third kappa shape index (κ3) is 2.48. The molecule has 0 aliphatic heterocycles. The van der Waals surface area contributed by atoms with Gasteiger partial charge in [0.05, 0.1) is 25.3 Å². The molecule has 0 aromatic heterocycles. The van der Waals surface area contributed by atoms with E-state index in [0.29, 0.717) is 22.6 Å². The van der Waals surface area contributed by atoms with Crippen LogP contribution in [0.1, 0.15) is 10.4 Å². The van der Waals surface area contributed by atoms with Crippen molar-refractivity contribution in [2.45, 2.75) is 0 Å². The Labute approximate surface area is 133 Å². The predicted octanol–water partition coefficient (Wildman–Crippen LogP) is 4.22. The first-order chi connectivity index (χ1) is 11.2. The highest BCUT2D eigenvalue weighted by Crippen LogP contribution is 2.43. The summed E-state index contributed by atoms with van der Waals surface area (Å²) in [6.07, 6.45) is 0. The average Bonchev–Trinajstić information content (AvgIpc) is 2.59. The molecular formula is C19H16O4. The fourth-order valence-corrected chi connectivity index (χ4v) is 2.82. The van der Waals surface area contributed by atoms with E-state index in [2.05, 4.69) is 0 Å². The molecule has 0 bridgehead atoms. The number of benzene rings is 3. The van der Waals surface area contributed by atoms with E-state index in [-0.39, 0.29) is 5.56 Å². The van der Waals surface area contributed by atoms with Crippen LogP contribution in [0, 0.1) is 0 Å². The molecule has 4 nitrogen and oxygen atoms in total. The first kappa shape index (κ1) is 14.9. The van der Waals surface area contributed by atoms with Crippen molar-refractivity contribution >= 4 is 16.7 Å². The number of carboxylic acids is 1. The van der Waals surface area contributed by atoms with E-state index in [1.807, 2.05) is 36.4 Å². The number of ether oxygens (including phenoxy) is 2. The lowest BCUT2D eigenvalue weighted by atomic mass is 9.92. The van der Waals surface area contributed by atoms with E-state index in [1.165, 1.54) is 0 Å². The van der Waals surface area contributed by atoms with Gasteiger partial charge in [-0.25, -0.2) is 4.79 Å². The monoisotopic (exact) mass is 308 g/mol. The Morgan fingerprint density at radius 3 is 2.09 bits per heavy atom. The number of hydrogen-bond acceptors (Lipinski definition) is 3. The first-order valence-electron chi connectivity index (χ1n) is 7.13. The Morgan fingerprint density at radius 2 is 1.48 bits per heavy atom. The van der Waals surface area contributed by atoms with Crippen molar-refractivity contribution < 1.29 is 19.4 Å². The van der Waals surface area contributed by atoms with Gasteiger partial charge in [-0.3, -0.25) is 0 Å². The largest absolute Gasteiger partial charge is 0.496 e. The molecule has 3 aromatic carbocycles. The number of hydrogen-bond donors (Lipinski definition) is 1. The summed E-state index contributed by atoms with van der Waals surface area (Å²) in [7, 11) is 3.12. The van der Waals surface area contributed by atoms with Crippen LogP contribution in [0.3, 0.4) is 0 Å². The van der Waals surface area contributed by atoms with E-state index in [4.69, 9.17) is 9.47 Å². The SMILES string of the molecule is COc1cccc(OC)c1-c1c(C(=O)O)ccc2ccccc12. The van der Waals surface area contributed by atoms with E-state index in [0.717, 1.165) is 10.8 Å². The van der Waals surface area contributed by atoms with Crippen LogP contribution in [-0.4, -0.2) is 25.3 Å². The van der Waals surface area contributed by atoms with Crippen LogP contribution in [0.15, 0.2) is 54.6 Å². The van der Waals surface area contributed by atoms with Gasteiger partial charge in [-0.2, -0.15) is 0 Å². The molecule has 0 radical (unpaired) electrons. The summed E-state index contributed by atoms with van der Waals surface area (Å²) in [5.74, 6) is 0.158. The Kier molecular flexibility index (Phi) is 3.89. The Balaban J connectivity index is 2.49. The second kappa shape index (κ2) is 6.01. The van der Waals surface area contributed by atoms with Crippen LogP contribution in [0.25, 0.3) is 21.9 Å². The van der Waals surface area contributed by atoms with Crippen molar-refractivity contribution in [1.29, 1.82) is 0 Å². The lowest BCUT2D eigenvalue weighted by Gasteiger charge is -2.17. The Bertz CT molecular complexity index is 861. The molecule has 0 fully saturated rings. The number of carboxylic acid groups (broad SMARTS) is 1. The van der Waals surface area contributed by atoms with Gasteiger partial charge in [0.25, 0.3) is 0 Å². The molecule has 0 aliphatic rings. The van der Waals surface area contributed by atoms with Crippen molar-refractivity contribution in [2.75, 3.05) is 14.2 Å². The quantitative estimate of drug-likeness (QED) is 0.784. The minimum absolute atomic E-state index is 0.214. The van der Waals surface area contributed by atoms with Crippen LogP contribution < -0.4 is 9.47 Å². The maximum atomic E-state index is 11.8. The molecule has 0 unspecified atom stereocenters. The highest BCUT2D eigenvalue weighted by molar-refractivity contribution is 6.09. The van der Waals surface area contributed by atoms with Crippen LogP contribution in [-0.2, 0) is 0 Å². The standard InChI is InChI=1S/C19H16O4/c1-22-15-8-5-9-16(23-2)18(15)17-13-7-4-3-6-12(13)10-11-14(17)19(20)21/h3-11H,1-2H3,(H,20,21). The fourth-order valence-electron chi connectivity index (χ4n) is 2.82. The second-order valence-electron chi connectivity index (χ2n) is 5.05. The van der Waals surface area contributed by atoms with Gasteiger partial charge in [0.2, 0.25) is 0 Å². The van der Waals surface area contributed by atoms with E-state index in [1.54, 1.807) is 32.4 Å². The molecule has 23 heavy (non-hydrogen) atoms. The van der Waals surface area contributed by atoms with Crippen molar-refractivity contribution in [2.24, 2.45) is 0 Å².